The van der Waals surface area contributed by atoms with Gasteiger partial charge in [-0.2, -0.15) is 0 Å². The van der Waals surface area contributed by atoms with E-state index in [1.807, 2.05) is 0 Å². The van der Waals surface area contributed by atoms with Gasteiger partial charge in [0, 0.05) is 11.6 Å². The van der Waals surface area contributed by atoms with Crippen molar-refractivity contribution in [1.29, 1.82) is 0 Å². The summed E-state index contributed by atoms with van der Waals surface area (Å²) in [6, 6.07) is 1.60. The van der Waals surface area contributed by atoms with Crippen LogP contribution >= 0.6 is 23.2 Å². The highest BCUT2D eigenvalue weighted by Gasteiger charge is 2.16. The fourth-order valence-electron chi connectivity index (χ4n) is 0.993. The van der Waals surface area contributed by atoms with Crippen LogP contribution in [0.3, 0.4) is 0 Å². The third-order valence-corrected chi connectivity index (χ3v) is 2.26. The standard InChI is InChI=1S/C8H7Cl2F2N/c1-4-2-5(3-9)6(10)7(13-4)8(11)12/h2,8H,3H2,1H3. The zero-order valence-electron chi connectivity index (χ0n) is 6.82. The van der Waals surface area contributed by atoms with Crippen molar-refractivity contribution in [2.24, 2.45) is 0 Å². The third kappa shape index (κ3) is 2.29. The maximum Gasteiger partial charge on any atom is 0.281 e. The third-order valence-electron chi connectivity index (χ3n) is 1.54. The summed E-state index contributed by atoms with van der Waals surface area (Å²) in [5.74, 6) is 0.113. The van der Waals surface area contributed by atoms with E-state index in [2.05, 4.69) is 4.98 Å². The second-order valence-electron chi connectivity index (χ2n) is 2.56. The molecule has 0 radical (unpaired) electrons. The van der Waals surface area contributed by atoms with Gasteiger partial charge in [-0.05, 0) is 18.6 Å². The van der Waals surface area contributed by atoms with Gasteiger partial charge < -0.3 is 0 Å². The molecule has 0 spiro atoms. The van der Waals surface area contributed by atoms with Crippen LogP contribution in [0.25, 0.3) is 0 Å². The Labute approximate surface area is 84.7 Å². The van der Waals surface area contributed by atoms with E-state index in [0.717, 1.165) is 0 Å². The highest BCUT2D eigenvalue weighted by atomic mass is 35.5. The zero-order valence-corrected chi connectivity index (χ0v) is 8.33. The minimum Gasteiger partial charge on any atom is -0.251 e. The van der Waals surface area contributed by atoms with E-state index < -0.39 is 12.1 Å². The Kier molecular flexibility index (Phi) is 3.45. The van der Waals surface area contributed by atoms with Crippen LogP contribution in [-0.2, 0) is 5.88 Å². The lowest BCUT2D eigenvalue weighted by Gasteiger charge is -2.07. The van der Waals surface area contributed by atoms with Crippen LogP contribution in [0.5, 0.6) is 0 Å². The molecule has 0 fully saturated rings. The first-order valence-electron chi connectivity index (χ1n) is 3.56. The average Bonchev–Trinajstić information content (AvgIpc) is 2.08. The van der Waals surface area contributed by atoms with Gasteiger partial charge in [-0.1, -0.05) is 11.6 Å². The first-order chi connectivity index (χ1) is 6.06. The lowest BCUT2D eigenvalue weighted by molar-refractivity contribution is 0.146. The van der Waals surface area contributed by atoms with Gasteiger partial charge >= 0.3 is 0 Å². The summed E-state index contributed by atoms with van der Waals surface area (Å²) < 4.78 is 24.7. The molecule has 0 aliphatic heterocycles. The number of hydrogen-bond acceptors (Lipinski definition) is 1. The fraction of sp³-hybridized carbons (Fsp3) is 0.375. The van der Waals surface area contributed by atoms with E-state index in [1.54, 1.807) is 13.0 Å². The monoisotopic (exact) mass is 225 g/mol. The Hall–Kier alpha value is -0.410. The molecule has 0 bridgehead atoms. The summed E-state index contributed by atoms with van der Waals surface area (Å²) in [4.78, 5) is 3.64. The summed E-state index contributed by atoms with van der Waals surface area (Å²) in [7, 11) is 0. The van der Waals surface area contributed by atoms with Crippen molar-refractivity contribution < 1.29 is 8.78 Å². The van der Waals surface area contributed by atoms with Gasteiger partial charge in [-0.15, -0.1) is 11.6 Å². The molecule has 1 aromatic heterocycles. The van der Waals surface area contributed by atoms with Gasteiger partial charge in [-0.25, -0.2) is 8.78 Å². The number of rotatable bonds is 2. The molecular weight excluding hydrogens is 219 g/mol. The topological polar surface area (TPSA) is 12.9 Å². The Morgan fingerprint density at radius 1 is 1.54 bits per heavy atom. The van der Waals surface area contributed by atoms with Crippen LogP contribution in [0.15, 0.2) is 6.07 Å². The van der Waals surface area contributed by atoms with Crippen molar-refractivity contribution in [3.05, 3.63) is 28.0 Å². The molecule has 1 heterocycles. The minimum atomic E-state index is -2.66. The van der Waals surface area contributed by atoms with Gasteiger partial charge in [0.15, 0.2) is 0 Å². The number of nitrogens with zero attached hydrogens (tertiary/aromatic N) is 1. The van der Waals surface area contributed by atoms with Crippen LogP contribution < -0.4 is 0 Å². The Balaban J connectivity index is 3.27. The molecule has 0 amide bonds. The van der Waals surface area contributed by atoms with Gasteiger partial charge in [-0.3, -0.25) is 4.98 Å². The summed E-state index contributed by atoms with van der Waals surface area (Å²) in [5.41, 5.74) is 0.596. The van der Waals surface area contributed by atoms with Crippen LogP contribution in [-0.4, -0.2) is 4.98 Å². The van der Waals surface area contributed by atoms with Crippen LogP contribution in [0.4, 0.5) is 8.78 Å². The molecule has 0 aromatic carbocycles. The summed E-state index contributed by atoms with van der Waals surface area (Å²) in [5, 5.41) is -0.0319. The molecule has 72 valence electrons. The number of halogens is 4. The largest absolute Gasteiger partial charge is 0.281 e. The predicted octanol–water partition coefficient (Wildman–Crippen LogP) is 3.72. The Morgan fingerprint density at radius 3 is 2.62 bits per heavy atom. The molecule has 13 heavy (non-hydrogen) atoms. The number of aryl methyl sites for hydroxylation is 1. The molecule has 0 saturated carbocycles. The molecule has 0 atom stereocenters. The molecule has 0 aliphatic carbocycles. The molecule has 1 aromatic rings. The van der Waals surface area contributed by atoms with Gasteiger partial charge in [0.2, 0.25) is 0 Å². The minimum absolute atomic E-state index is 0.0319. The van der Waals surface area contributed by atoms with Crippen molar-refractivity contribution in [2.45, 2.75) is 19.2 Å². The fourth-order valence-corrected chi connectivity index (χ4v) is 1.52. The molecule has 1 rings (SSSR count). The van der Waals surface area contributed by atoms with Crippen LogP contribution in [0, 0.1) is 6.92 Å². The first kappa shape index (κ1) is 10.7. The van der Waals surface area contributed by atoms with Crippen molar-refractivity contribution in [1.82, 2.24) is 4.98 Å². The number of alkyl halides is 3. The Bertz CT molecular complexity index is 315. The summed E-state index contributed by atoms with van der Waals surface area (Å²) in [6.07, 6.45) is -2.66. The highest BCUT2D eigenvalue weighted by Crippen LogP contribution is 2.29. The highest BCUT2D eigenvalue weighted by molar-refractivity contribution is 6.32. The van der Waals surface area contributed by atoms with Crippen molar-refractivity contribution in [3.63, 3.8) is 0 Å². The number of aromatic nitrogens is 1. The number of pyridine rings is 1. The van der Waals surface area contributed by atoms with E-state index in [4.69, 9.17) is 23.2 Å². The molecular formula is C8H7Cl2F2N. The summed E-state index contributed by atoms with van der Waals surface area (Å²) >= 11 is 11.2. The molecule has 0 N–H and O–H groups in total. The van der Waals surface area contributed by atoms with Crippen molar-refractivity contribution in [2.75, 3.05) is 0 Å². The molecule has 0 aliphatic rings. The first-order valence-corrected chi connectivity index (χ1v) is 4.47. The van der Waals surface area contributed by atoms with E-state index >= 15 is 0 Å². The zero-order chi connectivity index (χ0) is 10.0. The maximum atomic E-state index is 12.3. The van der Waals surface area contributed by atoms with Gasteiger partial charge in [0.1, 0.15) is 5.69 Å². The van der Waals surface area contributed by atoms with Crippen LogP contribution in [0.1, 0.15) is 23.4 Å². The van der Waals surface area contributed by atoms with E-state index in [-0.39, 0.29) is 10.9 Å². The second-order valence-corrected chi connectivity index (χ2v) is 3.20. The van der Waals surface area contributed by atoms with Crippen LogP contribution in [0.2, 0.25) is 5.02 Å². The smallest absolute Gasteiger partial charge is 0.251 e. The average molecular weight is 226 g/mol. The molecule has 0 unspecified atom stereocenters. The van der Waals surface area contributed by atoms with Gasteiger partial charge in [0.05, 0.1) is 5.02 Å². The second kappa shape index (κ2) is 4.20. The van der Waals surface area contributed by atoms with E-state index in [1.165, 1.54) is 0 Å². The van der Waals surface area contributed by atoms with Crippen molar-refractivity contribution in [3.8, 4) is 0 Å². The quantitative estimate of drug-likeness (QED) is 0.700. The predicted molar refractivity (Wildman–Crippen MR) is 48.5 cm³/mol. The number of hydrogen-bond donors (Lipinski definition) is 0. The Morgan fingerprint density at radius 2 is 2.15 bits per heavy atom. The van der Waals surface area contributed by atoms with Crippen molar-refractivity contribution >= 4 is 23.2 Å². The molecule has 1 nitrogen and oxygen atoms in total. The SMILES string of the molecule is Cc1cc(CCl)c(Cl)c(C(F)F)n1. The summed E-state index contributed by atoms with van der Waals surface area (Å²) in [6.45, 7) is 1.62. The molecule has 5 heteroatoms. The maximum absolute atomic E-state index is 12.3. The van der Waals surface area contributed by atoms with Gasteiger partial charge in [0.25, 0.3) is 6.43 Å². The normalized spacial score (nSPS) is 10.9. The van der Waals surface area contributed by atoms with E-state index in [0.29, 0.717) is 11.3 Å². The lowest BCUT2D eigenvalue weighted by Crippen LogP contribution is -1.97. The molecule has 0 saturated heterocycles. The lowest BCUT2D eigenvalue weighted by atomic mass is 10.2. The van der Waals surface area contributed by atoms with E-state index in [9.17, 15) is 8.78 Å².